The first kappa shape index (κ1) is 8.58. The third-order valence-electron chi connectivity index (χ3n) is 2.03. The Morgan fingerprint density at radius 3 is 2.36 bits per heavy atom. The fourth-order valence-corrected chi connectivity index (χ4v) is 1.51. The lowest BCUT2D eigenvalue weighted by Crippen LogP contribution is -2.06. The molecular weight excluding hydrogens is 132 g/mol. The van der Waals surface area contributed by atoms with Gasteiger partial charge in [0.2, 0.25) is 0 Å². The predicted molar refractivity (Wildman–Crippen MR) is 50.5 cm³/mol. The summed E-state index contributed by atoms with van der Waals surface area (Å²) in [4.78, 5) is 0. The lowest BCUT2D eigenvalue weighted by atomic mass is 9.86. The molecule has 0 N–H and O–H groups in total. The zero-order chi connectivity index (χ0) is 8.48. The van der Waals surface area contributed by atoms with Gasteiger partial charge in [-0.3, -0.25) is 0 Å². The molecule has 0 radical (unpaired) electrons. The molecule has 0 spiro atoms. The van der Waals surface area contributed by atoms with Crippen LogP contribution < -0.4 is 0 Å². The van der Waals surface area contributed by atoms with Crippen LogP contribution in [0.2, 0.25) is 0 Å². The van der Waals surface area contributed by atoms with E-state index < -0.39 is 0 Å². The zero-order valence-electron chi connectivity index (χ0n) is 8.07. The number of allylic oxidation sites excluding steroid dienone is 4. The first-order valence-corrected chi connectivity index (χ1v) is 4.34. The van der Waals surface area contributed by atoms with Crippen LogP contribution in [-0.2, 0) is 0 Å². The summed E-state index contributed by atoms with van der Waals surface area (Å²) >= 11 is 0. The molecule has 62 valence electrons. The van der Waals surface area contributed by atoms with Crippen LogP contribution in [0.25, 0.3) is 0 Å². The maximum absolute atomic E-state index is 2.30. The van der Waals surface area contributed by atoms with Gasteiger partial charge >= 0.3 is 0 Å². The molecule has 0 amide bonds. The molecule has 0 heteroatoms. The van der Waals surface area contributed by atoms with E-state index in [0.29, 0.717) is 5.41 Å². The Kier molecular flexibility index (Phi) is 2.22. The van der Waals surface area contributed by atoms with Crippen molar-refractivity contribution in [2.45, 2.75) is 40.5 Å². The molecule has 1 rings (SSSR count). The van der Waals surface area contributed by atoms with Gasteiger partial charge in [-0.25, -0.2) is 0 Å². The van der Waals surface area contributed by atoms with Crippen LogP contribution in [0.15, 0.2) is 23.3 Å². The van der Waals surface area contributed by atoms with Crippen molar-refractivity contribution >= 4 is 0 Å². The van der Waals surface area contributed by atoms with E-state index in [1.165, 1.54) is 18.4 Å². The van der Waals surface area contributed by atoms with Gasteiger partial charge in [0.1, 0.15) is 0 Å². The molecule has 0 nitrogen and oxygen atoms in total. The lowest BCUT2D eigenvalue weighted by molar-refractivity contribution is 0.406. The Morgan fingerprint density at radius 1 is 1.36 bits per heavy atom. The molecule has 0 aromatic carbocycles. The van der Waals surface area contributed by atoms with Crippen LogP contribution in [0, 0.1) is 5.41 Å². The third kappa shape index (κ3) is 2.53. The fourth-order valence-electron chi connectivity index (χ4n) is 1.51. The summed E-state index contributed by atoms with van der Waals surface area (Å²) < 4.78 is 0. The van der Waals surface area contributed by atoms with Crippen molar-refractivity contribution in [3.05, 3.63) is 23.3 Å². The topological polar surface area (TPSA) is 0 Å². The van der Waals surface area contributed by atoms with Crippen LogP contribution in [0.3, 0.4) is 0 Å². The van der Waals surface area contributed by atoms with Crippen molar-refractivity contribution in [3.63, 3.8) is 0 Å². The maximum Gasteiger partial charge on any atom is -0.0130 e. The van der Waals surface area contributed by atoms with Crippen molar-refractivity contribution in [1.29, 1.82) is 0 Å². The second kappa shape index (κ2) is 2.84. The van der Waals surface area contributed by atoms with E-state index >= 15 is 0 Å². The Hall–Kier alpha value is -0.520. The maximum atomic E-state index is 2.30. The molecule has 0 fully saturated rings. The van der Waals surface area contributed by atoms with Gasteiger partial charge in [0.25, 0.3) is 0 Å². The SMILES string of the molecule is CC1=C(CC(C)(C)C)CC=C1. The standard InChI is InChI=1S/C11H18/c1-9-6-5-7-10(9)8-11(2,3)4/h5-6H,7-8H2,1-4H3. The average molecular weight is 150 g/mol. The summed E-state index contributed by atoms with van der Waals surface area (Å²) in [6.45, 7) is 9.10. The summed E-state index contributed by atoms with van der Waals surface area (Å²) in [6, 6.07) is 0. The van der Waals surface area contributed by atoms with Gasteiger partial charge in [-0.2, -0.15) is 0 Å². The molecule has 0 aromatic rings. The van der Waals surface area contributed by atoms with Gasteiger partial charge < -0.3 is 0 Å². The average Bonchev–Trinajstić information content (AvgIpc) is 2.12. The summed E-state index contributed by atoms with van der Waals surface area (Å²) in [5.41, 5.74) is 3.56. The highest BCUT2D eigenvalue weighted by Crippen LogP contribution is 2.31. The highest BCUT2D eigenvalue weighted by atomic mass is 14.2. The largest absolute Gasteiger partial charge is 0.0802 e. The highest BCUT2D eigenvalue weighted by molar-refractivity contribution is 5.32. The third-order valence-corrected chi connectivity index (χ3v) is 2.03. The van der Waals surface area contributed by atoms with Gasteiger partial charge in [0, 0.05) is 0 Å². The first-order chi connectivity index (χ1) is 4.99. The lowest BCUT2D eigenvalue weighted by Gasteiger charge is -2.19. The van der Waals surface area contributed by atoms with Gasteiger partial charge in [-0.15, -0.1) is 0 Å². The van der Waals surface area contributed by atoms with E-state index in [0.717, 1.165) is 0 Å². The molecule has 0 heterocycles. The van der Waals surface area contributed by atoms with E-state index in [1.54, 1.807) is 5.57 Å². The van der Waals surface area contributed by atoms with E-state index in [9.17, 15) is 0 Å². The summed E-state index contributed by atoms with van der Waals surface area (Å²) in [7, 11) is 0. The minimum Gasteiger partial charge on any atom is -0.0802 e. The Labute approximate surface area is 70.0 Å². The smallest absolute Gasteiger partial charge is 0.0130 e. The van der Waals surface area contributed by atoms with Crippen molar-refractivity contribution in [3.8, 4) is 0 Å². The minimum atomic E-state index is 0.447. The van der Waals surface area contributed by atoms with E-state index in [4.69, 9.17) is 0 Å². The Balaban J connectivity index is 2.59. The zero-order valence-corrected chi connectivity index (χ0v) is 8.07. The van der Waals surface area contributed by atoms with Gasteiger partial charge in [0.15, 0.2) is 0 Å². The predicted octanol–water partition coefficient (Wildman–Crippen LogP) is 3.70. The summed E-state index contributed by atoms with van der Waals surface area (Å²) in [5, 5.41) is 0. The molecule has 0 bridgehead atoms. The normalized spacial score (nSPS) is 18.2. The van der Waals surface area contributed by atoms with Crippen molar-refractivity contribution in [1.82, 2.24) is 0 Å². The minimum absolute atomic E-state index is 0.447. The molecule has 11 heavy (non-hydrogen) atoms. The molecular formula is C11H18. The molecule has 1 aliphatic carbocycles. The summed E-state index contributed by atoms with van der Waals surface area (Å²) in [6.07, 6.45) is 6.92. The Bertz CT molecular complexity index is 199. The number of hydrogen-bond donors (Lipinski definition) is 0. The van der Waals surface area contributed by atoms with Gasteiger partial charge in [0.05, 0.1) is 0 Å². The number of rotatable bonds is 1. The molecule has 0 unspecified atom stereocenters. The van der Waals surface area contributed by atoms with E-state index in [-0.39, 0.29) is 0 Å². The van der Waals surface area contributed by atoms with Crippen LogP contribution in [0.1, 0.15) is 40.5 Å². The van der Waals surface area contributed by atoms with E-state index in [1.807, 2.05) is 0 Å². The molecule has 0 aromatic heterocycles. The van der Waals surface area contributed by atoms with Crippen LogP contribution in [0.4, 0.5) is 0 Å². The molecule has 0 saturated carbocycles. The summed E-state index contributed by atoms with van der Waals surface area (Å²) in [5.74, 6) is 0. The highest BCUT2D eigenvalue weighted by Gasteiger charge is 2.15. The Morgan fingerprint density at radius 2 is 2.00 bits per heavy atom. The first-order valence-electron chi connectivity index (χ1n) is 4.34. The molecule has 1 aliphatic rings. The van der Waals surface area contributed by atoms with Gasteiger partial charge in [-0.1, -0.05) is 44.1 Å². The van der Waals surface area contributed by atoms with Crippen LogP contribution in [0.5, 0.6) is 0 Å². The molecule has 0 aliphatic heterocycles. The molecule has 0 saturated heterocycles. The second-order valence-corrected chi connectivity index (χ2v) is 4.63. The van der Waals surface area contributed by atoms with Gasteiger partial charge in [-0.05, 0) is 25.2 Å². The van der Waals surface area contributed by atoms with Crippen molar-refractivity contribution < 1.29 is 0 Å². The van der Waals surface area contributed by atoms with Crippen molar-refractivity contribution in [2.24, 2.45) is 5.41 Å². The van der Waals surface area contributed by atoms with E-state index in [2.05, 4.69) is 39.8 Å². The monoisotopic (exact) mass is 150 g/mol. The van der Waals surface area contributed by atoms with Crippen LogP contribution >= 0.6 is 0 Å². The fraction of sp³-hybridized carbons (Fsp3) is 0.636. The molecule has 0 atom stereocenters. The van der Waals surface area contributed by atoms with Crippen LogP contribution in [-0.4, -0.2) is 0 Å². The second-order valence-electron chi connectivity index (χ2n) is 4.63. The quantitative estimate of drug-likeness (QED) is 0.534. The van der Waals surface area contributed by atoms with Crippen molar-refractivity contribution in [2.75, 3.05) is 0 Å². The number of hydrogen-bond acceptors (Lipinski definition) is 0.